The van der Waals surface area contributed by atoms with E-state index < -0.39 is 0 Å². The van der Waals surface area contributed by atoms with E-state index in [1.54, 1.807) is 13.2 Å². The first-order chi connectivity index (χ1) is 13.7. The molecule has 0 fully saturated rings. The lowest BCUT2D eigenvalue weighted by molar-refractivity contribution is 0.415. The van der Waals surface area contributed by atoms with E-state index in [0.717, 1.165) is 26.9 Å². The van der Waals surface area contributed by atoms with Gasteiger partial charge in [-0.1, -0.05) is 47.7 Å². The Hall–Kier alpha value is -3.58. The Labute approximate surface area is 164 Å². The van der Waals surface area contributed by atoms with Crippen LogP contribution >= 0.6 is 11.3 Å². The maximum atomic E-state index is 6.07. The van der Waals surface area contributed by atoms with Gasteiger partial charge in [-0.3, -0.25) is 5.32 Å². The number of nitrogens with one attached hydrogen (secondary N) is 1. The molecule has 6 nitrogen and oxygen atoms in total. The summed E-state index contributed by atoms with van der Waals surface area (Å²) in [4.78, 5) is 9.10. The zero-order valence-electron chi connectivity index (χ0n) is 15.0. The van der Waals surface area contributed by atoms with Crippen LogP contribution in [0.25, 0.3) is 32.4 Å². The number of methoxy groups -OCH3 is 1. The molecule has 0 saturated heterocycles. The number of rotatable bonds is 4. The average molecular weight is 388 g/mol. The predicted molar refractivity (Wildman–Crippen MR) is 113 cm³/mol. The molecule has 0 aliphatic carbocycles. The lowest BCUT2D eigenvalue weighted by Gasteiger charge is -2.00. The monoisotopic (exact) mass is 388 g/mol. The van der Waals surface area contributed by atoms with Crippen molar-refractivity contribution in [1.82, 2.24) is 9.97 Å². The third kappa shape index (κ3) is 2.91. The molecule has 138 valence electrons. The van der Waals surface area contributed by atoms with Gasteiger partial charge in [0.15, 0.2) is 10.7 Å². The van der Waals surface area contributed by atoms with E-state index in [4.69, 9.17) is 14.9 Å². The molecule has 5 aromatic rings. The summed E-state index contributed by atoms with van der Waals surface area (Å²) in [6.07, 6.45) is 0. The highest BCUT2D eigenvalue weighted by atomic mass is 32.1. The fourth-order valence-corrected chi connectivity index (χ4v) is 4.00. The molecule has 7 heteroatoms. The molecule has 3 N–H and O–H groups in total. The lowest BCUT2D eigenvalue weighted by Crippen LogP contribution is -1.91. The molecule has 0 atom stereocenters. The number of fused-ring (bicyclic) bond motifs is 2. The van der Waals surface area contributed by atoms with Gasteiger partial charge in [0.05, 0.1) is 17.5 Å². The summed E-state index contributed by atoms with van der Waals surface area (Å²) in [5.74, 6) is 0.704. The third-order valence-electron chi connectivity index (χ3n) is 4.44. The number of nitrogens with zero attached hydrogens (tertiary/aromatic N) is 2. The first kappa shape index (κ1) is 16.6. The number of ether oxygens (including phenoxy) is 1. The molecule has 0 amide bonds. The van der Waals surface area contributed by atoms with Gasteiger partial charge in [0, 0.05) is 6.07 Å². The average Bonchev–Trinajstić information content (AvgIpc) is 3.31. The Morgan fingerprint density at radius 1 is 1.00 bits per heavy atom. The Bertz CT molecular complexity index is 1290. The summed E-state index contributed by atoms with van der Waals surface area (Å²) >= 11 is 1.46. The van der Waals surface area contributed by atoms with Crippen molar-refractivity contribution in [2.24, 2.45) is 0 Å². The number of nitrogens with two attached hydrogens (primary N) is 1. The second-order valence-electron chi connectivity index (χ2n) is 6.27. The lowest BCUT2D eigenvalue weighted by atomic mass is 10.1. The molecule has 0 aliphatic rings. The molecule has 28 heavy (non-hydrogen) atoms. The number of anilines is 3. The molecular formula is C21H16N4O2S. The van der Waals surface area contributed by atoms with Gasteiger partial charge in [0.2, 0.25) is 0 Å². The Balaban J connectivity index is 1.48. The van der Waals surface area contributed by atoms with Crippen molar-refractivity contribution in [2.45, 2.75) is 0 Å². The minimum atomic E-state index is 0.393. The van der Waals surface area contributed by atoms with E-state index in [1.165, 1.54) is 11.3 Å². The van der Waals surface area contributed by atoms with Crippen LogP contribution < -0.4 is 15.8 Å². The van der Waals surface area contributed by atoms with Crippen molar-refractivity contribution in [1.29, 1.82) is 0 Å². The normalized spacial score (nSPS) is 11.2. The first-order valence-corrected chi connectivity index (χ1v) is 9.48. The Kier molecular flexibility index (Phi) is 3.87. The van der Waals surface area contributed by atoms with E-state index in [-0.39, 0.29) is 0 Å². The summed E-state index contributed by atoms with van der Waals surface area (Å²) in [5.41, 5.74) is 11.1. The molecule has 0 saturated carbocycles. The van der Waals surface area contributed by atoms with Crippen LogP contribution in [0.3, 0.4) is 0 Å². The van der Waals surface area contributed by atoms with Crippen molar-refractivity contribution in [3.63, 3.8) is 0 Å². The second kappa shape index (κ2) is 6.54. The molecule has 5 rings (SSSR count). The van der Waals surface area contributed by atoms with Gasteiger partial charge < -0.3 is 14.9 Å². The minimum Gasteiger partial charge on any atom is -0.497 e. The van der Waals surface area contributed by atoms with Crippen LogP contribution in [-0.2, 0) is 0 Å². The van der Waals surface area contributed by atoms with E-state index in [0.29, 0.717) is 28.2 Å². The maximum absolute atomic E-state index is 6.07. The van der Waals surface area contributed by atoms with Crippen LogP contribution in [0, 0.1) is 0 Å². The first-order valence-electron chi connectivity index (χ1n) is 8.67. The van der Waals surface area contributed by atoms with E-state index in [9.17, 15) is 0 Å². The SMILES string of the molecule is COc1cc(N)c2nc(Nc3nc4cc(-c5ccccc5)ccc4o3)sc2c1. The molecule has 0 spiro atoms. The fraction of sp³-hybridized carbons (Fsp3) is 0.0476. The summed E-state index contributed by atoms with van der Waals surface area (Å²) in [5, 5.41) is 3.80. The van der Waals surface area contributed by atoms with Crippen molar-refractivity contribution >= 4 is 49.5 Å². The number of benzene rings is 3. The van der Waals surface area contributed by atoms with Crippen molar-refractivity contribution in [3.05, 3.63) is 60.7 Å². The highest BCUT2D eigenvalue weighted by Gasteiger charge is 2.12. The van der Waals surface area contributed by atoms with Gasteiger partial charge in [0.25, 0.3) is 0 Å². The Morgan fingerprint density at radius 3 is 2.68 bits per heavy atom. The highest BCUT2D eigenvalue weighted by molar-refractivity contribution is 7.22. The van der Waals surface area contributed by atoms with Gasteiger partial charge in [0.1, 0.15) is 16.8 Å². The van der Waals surface area contributed by atoms with E-state index in [1.807, 2.05) is 42.5 Å². The molecule has 0 bridgehead atoms. The number of thiazole rings is 1. The quantitative estimate of drug-likeness (QED) is 0.399. The van der Waals surface area contributed by atoms with Crippen molar-refractivity contribution in [3.8, 4) is 16.9 Å². The zero-order valence-corrected chi connectivity index (χ0v) is 15.8. The fourth-order valence-electron chi connectivity index (χ4n) is 3.08. The number of aromatic nitrogens is 2. The van der Waals surface area contributed by atoms with Crippen LogP contribution in [0.4, 0.5) is 16.8 Å². The van der Waals surface area contributed by atoms with Gasteiger partial charge in [-0.25, -0.2) is 4.98 Å². The van der Waals surface area contributed by atoms with Gasteiger partial charge in [-0.2, -0.15) is 4.98 Å². The molecule has 2 heterocycles. The molecule has 0 radical (unpaired) electrons. The predicted octanol–water partition coefficient (Wildman–Crippen LogP) is 5.44. The number of hydrogen-bond donors (Lipinski definition) is 2. The largest absolute Gasteiger partial charge is 0.497 e. The van der Waals surface area contributed by atoms with Crippen LogP contribution in [-0.4, -0.2) is 17.1 Å². The maximum Gasteiger partial charge on any atom is 0.302 e. The summed E-state index contributed by atoms with van der Waals surface area (Å²) in [7, 11) is 1.61. The summed E-state index contributed by atoms with van der Waals surface area (Å²) < 4.78 is 12.0. The van der Waals surface area contributed by atoms with Crippen LogP contribution in [0.2, 0.25) is 0 Å². The van der Waals surface area contributed by atoms with Crippen LogP contribution in [0.1, 0.15) is 0 Å². The molecule has 0 aliphatic heterocycles. The van der Waals surface area contributed by atoms with Crippen molar-refractivity contribution in [2.75, 3.05) is 18.2 Å². The second-order valence-corrected chi connectivity index (χ2v) is 7.31. The standard InChI is InChI=1S/C21H16N4O2S/c1-26-14-10-15(22)19-18(11-14)28-21(24-19)25-20-23-16-9-13(7-8-17(16)27-20)12-5-3-2-4-6-12/h2-11H,22H2,1H3,(H,23,24,25). The Morgan fingerprint density at radius 2 is 1.86 bits per heavy atom. The highest BCUT2D eigenvalue weighted by Crippen LogP contribution is 2.35. The summed E-state index contributed by atoms with van der Waals surface area (Å²) in [6, 6.07) is 20.2. The number of oxazole rings is 1. The topological polar surface area (TPSA) is 86.2 Å². The molecule has 3 aromatic carbocycles. The number of hydrogen-bond acceptors (Lipinski definition) is 7. The molecule has 0 unspecified atom stereocenters. The van der Waals surface area contributed by atoms with Crippen molar-refractivity contribution < 1.29 is 9.15 Å². The van der Waals surface area contributed by atoms with E-state index in [2.05, 4.69) is 27.4 Å². The smallest absolute Gasteiger partial charge is 0.302 e. The third-order valence-corrected chi connectivity index (χ3v) is 5.36. The number of nitrogen functional groups attached to an aromatic ring is 1. The van der Waals surface area contributed by atoms with Gasteiger partial charge in [-0.05, 0) is 29.3 Å². The van der Waals surface area contributed by atoms with Gasteiger partial charge >= 0.3 is 6.01 Å². The molecule has 2 aromatic heterocycles. The zero-order chi connectivity index (χ0) is 19.1. The van der Waals surface area contributed by atoms with Crippen LogP contribution in [0.5, 0.6) is 5.75 Å². The minimum absolute atomic E-state index is 0.393. The van der Waals surface area contributed by atoms with Crippen LogP contribution in [0.15, 0.2) is 65.1 Å². The summed E-state index contributed by atoms with van der Waals surface area (Å²) in [6.45, 7) is 0. The van der Waals surface area contributed by atoms with E-state index >= 15 is 0 Å². The molecular weight excluding hydrogens is 372 g/mol. The van der Waals surface area contributed by atoms with Gasteiger partial charge in [-0.15, -0.1) is 0 Å².